The number of benzene rings is 2. The fourth-order valence-electron chi connectivity index (χ4n) is 3.17. The first-order valence-corrected chi connectivity index (χ1v) is 11.8. The van der Waals surface area contributed by atoms with E-state index in [1.54, 1.807) is 29.5 Å². The average molecular weight is 425 g/mol. The quantitative estimate of drug-likeness (QED) is 0.502. The molecule has 0 bridgehead atoms. The van der Waals surface area contributed by atoms with E-state index in [1.807, 2.05) is 44.2 Å². The first kappa shape index (κ1) is 19.5. The summed E-state index contributed by atoms with van der Waals surface area (Å²) >= 11 is 1.64. The minimum Gasteiger partial charge on any atom is -0.362 e. The molecule has 0 aliphatic carbocycles. The molecule has 0 aliphatic rings. The second-order valence-corrected chi connectivity index (χ2v) is 9.92. The van der Waals surface area contributed by atoms with Gasteiger partial charge in [-0.25, -0.2) is 23.4 Å². The minimum absolute atomic E-state index is 0.0510. The van der Waals surface area contributed by atoms with Gasteiger partial charge in [0.25, 0.3) is 0 Å². The highest BCUT2D eigenvalue weighted by Crippen LogP contribution is 2.34. The maximum absolute atomic E-state index is 11.9. The summed E-state index contributed by atoms with van der Waals surface area (Å²) in [5.41, 5.74) is 2.74. The highest BCUT2D eigenvalue weighted by Gasteiger charge is 2.18. The van der Waals surface area contributed by atoms with Crippen LogP contribution in [0.15, 0.2) is 59.8 Å². The van der Waals surface area contributed by atoms with Crippen LogP contribution < -0.4 is 5.32 Å². The second kappa shape index (κ2) is 7.53. The summed E-state index contributed by atoms with van der Waals surface area (Å²) in [6.07, 6.45) is 2.67. The van der Waals surface area contributed by atoms with Crippen LogP contribution in [0.3, 0.4) is 0 Å². The lowest BCUT2D eigenvalue weighted by Gasteiger charge is -2.15. The van der Waals surface area contributed by atoms with Crippen molar-refractivity contribution in [2.75, 3.05) is 11.6 Å². The van der Waals surface area contributed by atoms with Crippen LogP contribution >= 0.6 is 11.3 Å². The first-order chi connectivity index (χ1) is 13.8. The average Bonchev–Trinajstić information content (AvgIpc) is 3.10. The molecule has 2 aromatic carbocycles. The highest BCUT2D eigenvalue weighted by molar-refractivity contribution is 7.90. The van der Waals surface area contributed by atoms with Gasteiger partial charge in [-0.05, 0) is 32.0 Å². The van der Waals surface area contributed by atoms with Crippen LogP contribution in [0.25, 0.3) is 21.5 Å². The Kier molecular flexibility index (Phi) is 5.06. The molecule has 0 radical (unpaired) electrons. The zero-order valence-corrected chi connectivity index (χ0v) is 17.9. The normalized spacial score (nSPS) is 12.8. The molecular formula is C21H20N4O2S2. The van der Waals surface area contributed by atoms with Gasteiger partial charge in [0.1, 0.15) is 17.2 Å². The Balaban J connectivity index is 1.69. The van der Waals surface area contributed by atoms with Gasteiger partial charge in [0.05, 0.1) is 22.1 Å². The zero-order valence-electron chi connectivity index (χ0n) is 16.2. The van der Waals surface area contributed by atoms with Crippen molar-refractivity contribution in [1.82, 2.24) is 15.0 Å². The summed E-state index contributed by atoms with van der Waals surface area (Å²) in [5.74, 6) is 0.599. The monoisotopic (exact) mass is 424 g/mol. The van der Waals surface area contributed by atoms with Crippen LogP contribution in [0.5, 0.6) is 0 Å². The van der Waals surface area contributed by atoms with Gasteiger partial charge in [-0.1, -0.05) is 30.3 Å². The lowest BCUT2D eigenvalue weighted by atomic mass is 10.2. The fourth-order valence-corrected chi connectivity index (χ4v) is 4.89. The van der Waals surface area contributed by atoms with Crippen molar-refractivity contribution in [2.45, 2.75) is 24.8 Å². The van der Waals surface area contributed by atoms with Crippen LogP contribution in [0.1, 0.15) is 23.5 Å². The highest BCUT2D eigenvalue weighted by atomic mass is 32.2. The standard InChI is InChI=1S/C21H20N4O2S2/c1-13(19-14(2)25-21(28-19)15-7-5-4-6-8-15)24-20-17-11-16(29(3,26)27)9-10-18(17)22-12-23-20/h4-13H,1-3H3,(H,22,23,24). The van der Waals surface area contributed by atoms with Crippen LogP contribution in [0.4, 0.5) is 5.82 Å². The molecule has 0 spiro atoms. The third-order valence-corrected chi connectivity index (χ3v) is 7.13. The summed E-state index contributed by atoms with van der Waals surface area (Å²) in [7, 11) is -3.32. The van der Waals surface area contributed by atoms with Gasteiger partial charge in [-0.15, -0.1) is 11.3 Å². The number of nitrogens with one attached hydrogen (secondary N) is 1. The predicted molar refractivity (Wildman–Crippen MR) is 117 cm³/mol. The molecule has 4 aromatic rings. The molecule has 2 aromatic heterocycles. The second-order valence-electron chi connectivity index (χ2n) is 6.87. The van der Waals surface area contributed by atoms with E-state index in [9.17, 15) is 8.42 Å². The maximum Gasteiger partial charge on any atom is 0.175 e. The van der Waals surface area contributed by atoms with Crippen molar-refractivity contribution in [3.63, 3.8) is 0 Å². The largest absolute Gasteiger partial charge is 0.362 e. The fraction of sp³-hybridized carbons (Fsp3) is 0.190. The number of thiazole rings is 1. The number of sulfone groups is 1. The Morgan fingerprint density at radius 1 is 1.07 bits per heavy atom. The van der Waals surface area contributed by atoms with E-state index in [0.717, 1.165) is 21.1 Å². The van der Waals surface area contributed by atoms with Crippen LogP contribution in [0.2, 0.25) is 0 Å². The SMILES string of the molecule is Cc1nc(-c2ccccc2)sc1C(C)Nc1ncnc2ccc(S(C)(=O)=O)cc12. The maximum atomic E-state index is 11.9. The Labute approximate surface area is 173 Å². The number of fused-ring (bicyclic) bond motifs is 1. The zero-order chi connectivity index (χ0) is 20.6. The summed E-state index contributed by atoms with van der Waals surface area (Å²) in [6.45, 7) is 4.04. The van der Waals surface area contributed by atoms with Crippen molar-refractivity contribution in [1.29, 1.82) is 0 Å². The van der Waals surface area contributed by atoms with Gasteiger partial charge in [0.2, 0.25) is 0 Å². The molecule has 8 heteroatoms. The summed E-state index contributed by atoms with van der Waals surface area (Å²) < 4.78 is 23.9. The molecule has 6 nitrogen and oxygen atoms in total. The van der Waals surface area contributed by atoms with E-state index in [0.29, 0.717) is 16.7 Å². The molecule has 29 heavy (non-hydrogen) atoms. The smallest absolute Gasteiger partial charge is 0.175 e. The van der Waals surface area contributed by atoms with Gasteiger partial charge in [0.15, 0.2) is 9.84 Å². The molecule has 0 aliphatic heterocycles. The Hall–Kier alpha value is -2.84. The summed E-state index contributed by atoms with van der Waals surface area (Å²) in [5, 5.41) is 5.05. The van der Waals surface area contributed by atoms with E-state index in [1.165, 1.54) is 12.6 Å². The van der Waals surface area contributed by atoms with E-state index in [-0.39, 0.29) is 10.9 Å². The van der Waals surface area contributed by atoms with Crippen molar-refractivity contribution in [3.05, 3.63) is 65.4 Å². The number of rotatable bonds is 5. The predicted octanol–water partition coefficient (Wildman–Crippen LogP) is 4.64. The van der Waals surface area contributed by atoms with E-state index < -0.39 is 9.84 Å². The van der Waals surface area contributed by atoms with Crippen molar-refractivity contribution in [2.24, 2.45) is 0 Å². The van der Waals surface area contributed by atoms with Crippen LogP contribution in [-0.2, 0) is 9.84 Å². The molecule has 0 saturated heterocycles. The number of hydrogen-bond acceptors (Lipinski definition) is 7. The molecule has 1 atom stereocenters. The van der Waals surface area contributed by atoms with Crippen LogP contribution in [-0.4, -0.2) is 29.6 Å². The lowest BCUT2D eigenvalue weighted by Crippen LogP contribution is -2.08. The van der Waals surface area contributed by atoms with Gasteiger partial charge >= 0.3 is 0 Å². The topological polar surface area (TPSA) is 84.8 Å². The molecule has 0 amide bonds. The molecule has 0 saturated carbocycles. The first-order valence-electron chi connectivity index (χ1n) is 9.07. The molecule has 4 rings (SSSR count). The number of nitrogens with zero attached hydrogens (tertiary/aromatic N) is 3. The van der Waals surface area contributed by atoms with Gasteiger partial charge in [-0.2, -0.15) is 0 Å². The van der Waals surface area contributed by atoms with Crippen molar-refractivity contribution >= 4 is 37.9 Å². The summed E-state index contributed by atoms with van der Waals surface area (Å²) in [6, 6.07) is 14.9. The van der Waals surface area contributed by atoms with Crippen molar-refractivity contribution in [3.8, 4) is 10.6 Å². The molecule has 1 unspecified atom stereocenters. The summed E-state index contributed by atoms with van der Waals surface area (Å²) in [4.78, 5) is 14.7. The molecule has 0 fully saturated rings. The van der Waals surface area contributed by atoms with Crippen LogP contribution in [0, 0.1) is 6.92 Å². The molecule has 2 heterocycles. The number of aromatic nitrogens is 3. The number of aryl methyl sites for hydroxylation is 1. The molecular weight excluding hydrogens is 404 g/mol. The molecule has 148 valence electrons. The molecule has 1 N–H and O–H groups in total. The number of hydrogen-bond donors (Lipinski definition) is 1. The third kappa shape index (κ3) is 3.99. The third-order valence-electron chi connectivity index (χ3n) is 4.63. The van der Waals surface area contributed by atoms with E-state index in [2.05, 4.69) is 15.3 Å². The van der Waals surface area contributed by atoms with E-state index >= 15 is 0 Å². The Bertz CT molecular complexity index is 1280. The Morgan fingerprint density at radius 3 is 2.55 bits per heavy atom. The Morgan fingerprint density at radius 2 is 1.83 bits per heavy atom. The van der Waals surface area contributed by atoms with E-state index in [4.69, 9.17) is 4.98 Å². The van der Waals surface area contributed by atoms with Crippen molar-refractivity contribution < 1.29 is 8.42 Å². The van der Waals surface area contributed by atoms with Gasteiger partial charge < -0.3 is 5.32 Å². The van der Waals surface area contributed by atoms with Gasteiger partial charge in [-0.3, -0.25) is 0 Å². The van der Waals surface area contributed by atoms with Gasteiger partial charge in [0, 0.05) is 22.1 Å². The number of anilines is 1. The lowest BCUT2D eigenvalue weighted by molar-refractivity contribution is 0.602. The minimum atomic E-state index is -3.32.